The summed E-state index contributed by atoms with van der Waals surface area (Å²) in [5.74, 6) is 2.10. The van der Waals surface area contributed by atoms with Gasteiger partial charge >= 0.3 is 0 Å². The van der Waals surface area contributed by atoms with Crippen LogP contribution in [0.3, 0.4) is 0 Å². The van der Waals surface area contributed by atoms with Crippen molar-refractivity contribution >= 4 is 43.4 Å². The van der Waals surface area contributed by atoms with Crippen molar-refractivity contribution in [3.8, 4) is 17.2 Å². The smallest absolute Gasteiger partial charge is 0.268 e. The fraction of sp³-hybridized carbons (Fsp3) is 0.174. The van der Waals surface area contributed by atoms with E-state index in [4.69, 9.17) is 14.2 Å². The molecule has 5 rings (SSSR count). The molecule has 4 aromatic rings. The standard InChI is InChI=1S/C23H19BrN2O4S/c1-28-16-4-2-3-15(7-16)12-26-17-10-22(24)31-21(17)9-18(26)23(27)25-11-14-5-6-19-20(8-14)30-13-29-19/h2-10H,11-13H2,1H3,(H,25,27). The van der Waals surface area contributed by atoms with Gasteiger partial charge in [-0.25, -0.2) is 0 Å². The molecule has 1 aliphatic heterocycles. The Balaban J connectivity index is 1.41. The third-order valence-corrected chi connectivity index (χ3v) is 6.73. The average Bonchev–Trinajstić information content (AvgIpc) is 3.47. The molecule has 1 N–H and O–H groups in total. The number of fused-ring (bicyclic) bond motifs is 2. The summed E-state index contributed by atoms with van der Waals surface area (Å²) >= 11 is 5.17. The second kappa shape index (κ2) is 8.28. The van der Waals surface area contributed by atoms with Crippen molar-refractivity contribution < 1.29 is 19.0 Å². The molecule has 0 atom stereocenters. The third kappa shape index (κ3) is 4.00. The number of carbonyl (C=O) groups excluding carboxylic acids is 1. The first-order valence-electron chi connectivity index (χ1n) is 9.69. The molecule has 6 nitrogen and oxygen atoms in total. The van der Waals surface area contributed by atoms with E-state index in [0.29, 0.717) is 24.5 Å². The van der Waals surface area contributed by atoms with Gasteiger partial charge in [0.25, 0.3) is 5.91 Å². The Labute approximate surface area is 191 Å². The fourth-order valence-electron chi connectivity index (χ4n) is 3.65. The normalized spacial score (nSPS) is 12.3. The zero-order chi connectivity index (χ0) is 21.4. The van der Waals surface area contributed by atoms with E-state index >= 15 is 0 Å². The molecular weight excluding hydrogens is 480 g/mol. The number of thiophene rings is 1. The van der Waals surface area contributed by atoms with Gasteiger partial charge in [0.15, 0.2) is 11.5 Å². The van der Waals surface area contributed by atoms with Gasteiger partial charge in [-0.2, -0.15) is 0 Å². The minimum absolute atomic E-state index is 0.125. The van der Waals surface area contributed by atoms with Crippen molar-refractivity contribution in [2.75, 3.05) is 13.9 Å². The molecule has 0 bridgehead atoms. The molecule has 0 unspecified atom stereocenters. The highest BCUT2D eigenvalue weighted by Crippen LogP contribution is 2.34. The van der Waals surface area contributed by atoms with Crippen LogP contribution in [0.1, 0.15) is 21.6 Å². The Bertz CT molecular complexity index is 1280. The number of rotatable bonds is 6. The van der Waals surface area contributed by atoms with Crippen molar-refractivity contribution in [2.24, 2.45) is 0 Å². The van der Waals surface area contributed by atoms with Crippen LogP contribution >= 0.6 is 27.3 Å². The number of benzene rings is 2. The number of nitrogens with one attached hydrogen (secondary N) is 1. The first kappa shape index (κ1) is 20.0. The lowest BCUT2D eigenvalue weighted by Gasteiger charge is -2.12. The molecule has 0 radical (unpaired) electrons. The van der Waals surface area contributed by atoms with Gasteiger partial charge in [0, 0.05) is 13.1 Å². The molecule has 0 aliphatic carbocycles. The minimum Gasteiger partial charge on any atom is -0.497 e. The van der Waals surface area contributed by atoms with Crippen LogP contribution in [0, 0.1) is 0 Å². The number of ether oxygens (including phenoxy) is 3. The first-order chi connectivity index (χ1) is 15.1. The van der Waals surface area contributed by atoms with E-state index < -0.39 is 0 Å². The lowest BCUT2D eigenvalue weighted by Crippen LogP contribution is -2.25. The Morgan fingerprint density at radius 2 is 2.00 bits per heavy atom. The maximum atomic E-state index is 13.1. The number of carbonyl (C=O) groups is 1. The second-order valence-corrected chi connectivity index (χ2v) is 9.60. The van der Waals surface area contributed by atoms with Crippen LogP contribution in [-0.2, 0) is 13.1 Å². The van der Waals surface area contributed by atoms with Gasteiger partial charge in [-0.3, -0.25) is 4.79 Å². The molecule has 0 spiro atoms. The van der Waals surface area contributed by atoms with Crippen molar-refractivity contribution in [1.29, 1.82) is 0 Å². The molecule has 2 aromatic carbocycles. The monoisotopic (exact) mass is 498 g/mol. The summed E-state index contributed by atoms with van der Waals surface area (Å²) < 4.78 is 20.3. The van der Waals surface area contributed by atoms with Crippen LogP contribution in [0.25, 0.3) is 10.2 Å². The van der Waals surface area contributed by atoms with Crippen LogP contribution in [0.15, 0.2) is 58.4 Å². The lowest BCUT2D eigenvalue weighted by molar-refractivity contribution is 0.0942. The second-order valence-electron chi connectivity index (χ2n) is 7.14. The Kier molecular flexibility index (Phi) is 5.33. The number of aromatic nitrogens is 1. The highest BCUT2D eigenvalue weighted by molar-refractivity contribution is 9.11. The van der Waals surface area contributed by atoms with E-state index in [1.807, 2.05) is 53.1 Å². The molecule has 1 amide bonds. The van der Waals surface area contributed by atoms with Crippen molar-refractivity contribution in [2.45, 2.75) is 13.1 Å². The largest absolute Gasteiger partial charge is 0.497 e. The topological polar surface area (TPSA) is 61.7 Å². The average molecular weight is 499 g/mol. The van der Waals surface area contributed by atoms with E-state index in [-0.39, 0.29) is 12.7 Å². The van der Waals surface area contributed by atoms with Crippen molar-refractivity contribution in [1.82, 2.24) is 9.88 Å². The zero-order valence-corrected chi connectivity index (χ0v) is 19.1. The van der Waals surface area contributed by atoms with Crippen LogP contribution < -0.4 is 19.5 Å². The number of amides is 1. The maximum Gasteiger partial charge on any atom is 0.268 e. The summed E-state index contributed by atoms with van der Waals surface area (Å²) in [4.78, 5) is 13.1. The molecule has 3 heterocycles. The number of halogens is 1. The van der Waals surface area contributed by atoms with Gasteiger partial charge in [0.1, 0.15) is 11.4 Å². The number of hydrogen-bond donors (Lipinski definition) is 1. The first-order valence-corrected chi connectivity index (χ1v) is 11.3. The van der Waals surface area contributed by atoms with Crippen LogP contribution in [0.4, 0.5) is 0 Å². The SMILES string of the molecule is COc1cccc(Cn2c(C(=O)NCc3ccc4c(c3)OCO4)cc3sc(Br)cc32)c1. The Hall–Kier alpha value is -2.97. The summed E-state index contributed by atoms with van der Waals surface area (Å²) in [6.45, 7) is 1.20. The quantitative estimate of drug-likeness (QED) is 0.397. The summed E-state index contributed by atoms with van der Waals surface area (Å²) in [6.07, 6.45) is 0. The van der Waals surface area contributed by atoms with Crippen LogP contribution in [-0.4, -0.2) is 24.4 Å². The third-order valence-electron chi connectivity index (χ3n) is 5.16. The summed E-state index contributed by atoms with van der Waals surface area (Å²) in [5, 5.41) is 3.03. The van der Waals surface area contributed by atoms with E-state index in [9.17, 15) is 4.79 Å². The van der Waals surface area contributed by atoms with Gasteiger partial charge in [-0.15, -0.1) is 11.3 Å². The molecule has 31 heavy (non-hydrogen) atoms. The number of hydrogen-bond acceptors (Lipinski definition) is 5. The molecule has 158 valence electrons. The summed E-state index contributed by atoms with van der Waals surface area (Å²) in [5.41, 5.74) is 3.65. The van der Waals surface area contributed by atoms with E-state index in [1.165, 1.54) is 0 Å². The zero-order valence-electron chi connectivity index (χ0n) is 16.7. The highest BCUT2D eigenvalue weighted by atomic mass is 79.9. The Morgan fingerprint density at radius 3 is 2.87 bits per heavy atom. The van der Waals surface area contributed by atoms with Gasteiger partial charge < -0.3 is 24.1 Å². The fourth-order valence-corrected chi connectivity index (χ4v) is 5.21. The minimum atomic E-state index is -0.125. The van der Waals surface area contributed by atoms with Gasteiger partial charge in [-0.05, 0) is 63.5 Å². The summed E-state index contributed by atoms with van der Waals surface area (Å²) in [6, 6.07) is 17.6. The van der Waals surface area contributed by atoms with Crippen LogP contribution in [0.5, 0.6) is 17.2 Å². The number of nitrogens with zero attached hydrogens (tertiary/aromatic N) is 1. The predicted molar refractivity (Wildman–Crippen MR) is 123 cm³/mol. The molecular formula is C23H19BrN2O4S. The van der Waals surface area contributed by atoms with Crippen LogP contribution in [0.2, 0.25) is 0 Å². The predicted octanol–water partition coefficient (Wildman–Crippen LogP) is 5.18. The molecule has 1 aliphatic rings. The summed E-state index contributed by atoms with van der Waals surface area (Å²) in [7, 11) is 1.65. The molecule has 0 fully saturated rings. The van der Waals surface area contributed by atoms with E-state index in [0.717, 1.165) is 36.6 Å². The molecule has 0 saturated heterocycles. The lowest BCUT2D eigenvalue weighted by atomic mass is 10.2. The molecule has 8 heteroatoms. The molecule has 0 saturated carbocycles. The highest BCUT2D eigenvalue weighted by Gasteiger charge is 2.19. The van der Waals surface area contributed by atoms with Crippen molar-refractivity contribution in [3.05, 3.63) is 75.2 Å². The van der Waals surface area contributed by atoms with Gasteiger partial charge in [0.05, 0.1) is 21.1 Å². The van der Waals surface area contributed by atoms with Gasteiger partial charge in [0.2, 0.25) is 6.79 Å². The van der Waals surface area contributed by atoms with Crippen molar-refractivity contribution in [3.63, 3.8) is 0 Å². The molecule has 2 aromatic heterocycles. The Morgan fingerprint density at radius 1 is 1.13 bits per heavy atom. The van der Waals surface area contributed by atoms with E-state index in [1.54, 1.807) is 18.4 Å². The number of methoxy groups -OCH3 is 1. The van der Waals surface area contributed by atoms with E-state index in [2.05, 4.69) is 27.3 Å². The van der Waals surface area contributed by atoms with Gasteiger partial charge in [-0.1, -0.05) is 18.2 Å². The maximum absolute atomic E-state index is 13.1.